The molecule has 0 fully saturated rings. The summed E-state index contributed by atoms with van der Waals surface area (Å²) in [6.45, 7) is 0. The third kappa shape index (κ3) is 5.02. The van der Waals surface area contributed by atoms with Crippen LogP contribution in [0.2, 0.25) is 0 Å². The minimum Gasteiger partial charge on any atom is -0.497 e. The van der Waals surface area contributed by atoms with E-state index in [-0.39, 0.29) is 18.0 Å². The van der Waals surface area contributed by atoms with Crippen LogP contribution < -0.4 is 10.1 Å². The lowest BCUT2D eigenvalue weighted by Gasteiger charge is -2.10. The number of nitrogens with one attached hydrogen (secondary N) is 1. The monoisotopic (exact) mass is 323 g/mol. The predicted octanol–water partition coefficient (Wildman–Crippen LogP) is 4.29. The second kappa shape index (κ2) is 7.17. The minimum atomic E-state index is -4.43. The first-order valence-corrected chi connectivity index (χ1v) is 6.98. The molecule has 0 spiro atoms. The Morgan fingerprint density at radius 3 is 2.43 bits per heavy atom. The second-order valence-corrected chi connectivity index (χ2v) is 4.97. The third-order valence-corrected chi connectivity index (χ3v) is 3.27. The Bertz CT molecular complexity index is 666. The highest BCUT2D eigenvalue weighted by atomic mass is 19.4. The Balaban J connectivity index is 1.91. The molecule has 0 radical (unpaired) electrons. The average molecular weight is 323 g/mol. The van der Waals surface area contributed by atoms with Gasteiger partial charge in [-0.15, -0.1) is 0 Å². The predicted molar refractivity (Wildman–Crippen MR) is 81.4 cm³/mol. The number of rotatable bonds is 5. The summed E-state index contributed by atoms with van der Waals surface area (Å²) in [5.74, 6) is 0.391. The summed E-state index contributed by atoms with van der Waals surface area (Å²) in [5.41, 5.74) is 0.301. The number of alkyl halides is 3. The van der Waals surface area contributed by atoms with Gasteiger partial charge in [-0.1, -0.05) is 18.2 Å². The Morgan fingerprint density at radius 1 is 1.13 bits per heavy atom. The summed E-state index contributed by atoms with van der Waals surface area (Å²) in [7, 11) is 1.57. The van der Waals surface area contributed by atoms with Crippen molar-refractivity contribution in [1.82, 2.24) is 0 Å². The van der Waals surface area contributed by atoms with Gasteiger partial charge in [0, 0.05) is 12.1 Å². The van der Waals surface area contributed by atoms with Crippen molar-refractivity contribution in [3.8, 4) is 5.75 Å². The van der Waals surface area contributed by atoms with Crippen molar-refractivity contribution in [3.63, 3.8) is 0 Å². The quantitative estimate of drug-likeness (QED) is 0.891. The van der Waals surface area contributed by atoms with Crippen molar-refractivity contribution in [2.45, 2.75) is 19.0 Å². The molecule has 6 heteroatoms. The first-order valence-electron chi connectivity index (χ1n) is 6.98. The number of carbonyl (C=O) groups excluding carboxylic acids is 1. The maximum absolute atomic E-state index is 12.6. The zero-order valence-electron chi connectivity index (χ0n) is 12.5. The highest BCUT2D eigenvalue weighted by Crippen LogP contribution is 2.30. The number of methoxy groups -OCH3 is 1. The molecule has 0 aliphatic carbocycles. The molecule has 0 atom stereocenters. The molecule has 0 unspecified atom stereocenters. The highest BCUT2D eigenvalue weighted by Gasteiger charge is 2.30. The van der Waals surface area contributed by atoms with Crippen LogP contribution in [0.1, 0.15) is 17.5 Å². The number of carbonyl (C=O) groups is 1. The molecule has 0 aromatic heterocycles. The van der Waals surface area contributed by atoms with Crippen molar-refractivity contribution < 1.29 is 22.7 Å². The van der Waals surface area contributed by atoms with Gasteiger partial charge >= 0.3 is 6.18 Å². The molecule has 0 saturated heterocycles. The van der Waals surface area contributed by atoms with E-state index in [0.29, 0.717) is 6.42 Å². The van der Waals surface area contributed by atoms with Gasteiger partial charge in [0.1, 0.15) is 5.75 Å². The summed E-state index contributed by atoms with van der Waals surface area (Å²) in [5, 5.41) is 2.48. The van der Waals surface area contributed by atoms with E-state index in [2.05, 4.69) is 5.32 Å². The zero-order valence-corrected chi connectivity index (χ0v) is 12.5. The largest absolute Gasteiger partial charge is 0.497 e. The summed E-state index contributed by atoms with van der Waals surface area (Å²) in [4.78, 5) is 11.9. The Kier molecular flexibility index (Phi) is 5.26. The fourth-order valence-electron chi connectivity index (χ4n) is 2.05. The molecular formula is C17H16F3NO2. The number of aryl methyl sites for hydroxylation is 1. The first kappa shape index (κ1) is 16.9. The summed E-state index contributed by atoms with van der Waals surface area (Å²) in [6.07, 6.45) is -3.75. The first-order chi connectivity index (χ1) is 10.9. The maximum atomic E-state index is 12.6. The van der Waals surface area contributed by atoms with Crippen LogP contribution in [0.3, 0.4) is 0 Å². The van der Waals surface area contributed by atoms with Crippen LogP contribution in [-0.2, 0) is 17.4 Å². The fourth-order valence-corrected chi connectivity index (χ4v) is 2.05. The zero-order chi connectivity index (χ0) is 16.9. The topological polar surface area (TPSA) is 38.3 Å². The van der Waals surface area contributed by atoms with E-state index in [1.54, 1.807) is 19.2 Å². The van der Waals surface area contributed by atoms with Gasteiger partial charge in [0.05, 0.1) is 12.7 Å². The SMILES string of the molecule is COc1ccc(CCC(=O)Nc2cccc(C(F)(F)F)c2)cc1. The van der Waals surface area contributed by atoms with E-state index in [1.165, 1.54) is 12.1 Å². The van der Waals surface area contributed by atoms with Gasteiger partial charge in [0.2, 0.25) is 5.91 Å². The highest BCUT2D eigenvalue weighted by molar-refractivity contribution is 5.90. The minimum absolute atomic E-state index is 0.138. The van der Waals surface area contributed by atoms with Crippen LogP contribution in [0.5, 0.6) is 5.75 Å². The van der Waals surface area contributed by atoms with Crippen molar-refractivity contribution >= 4 is 11.6 Å². The molecule has 0 aliphatic heterocycles. The number of benzene rings is 2. The van der Waals surface area contributed by atoms with Gasteiger partial charge in [-0.3, -0.25) is 4.79 Å². The molecule has 122 valence electrons. The number of ether oxygens (including phenoxy) is 1. The van der Waals surface area contributed by atoms with Crippen LogP contribution >= 0.6 is 0 Å². The molecular weight excluding hydrogens is 307 g/mol. The van der Waals surface area contributed by atoms with Gasteiger partial charge in [0.15, 0.2) is 0 Å². The molecule has 0 saturated carbocycles. The van der Waals surface area contributed by atoms with E-state index in [0.717, 1.165) is 23.4 Å². The van der Waals surface area contributed by atoms with Crippen LogP contribution in [0.15, 0.2) is 48.5 Å². The Morgan fingerprint density at radius 2 is 1.83 bits per heavy atom. The molecule has 2 aromatic rings. The Labute approximate surface area is 132 Å². The van der Waals surface area contributed by atoms with Gasteiger partial charge in [-0.25, -0.2) is 0 Å². The number of amides is 1. The van der Waals surface area contributed by atoms with Crippen LogP contribution in [-0.4, -0.2) is 13.0 Å². The van der Waals surface area contributed by atoms with E-state index >= 15 is 0 Å². The van der Waals surface area contributed by atoms with Crippen molar-refractivity contribution in [3.05, 3.63) is 59.7 Å². The van der Waals surface area contributed by atoms with Crippen LogP contribution in [0.4, 0.5) is 18.9 Å². The van der Waals surface area contributed by atoms with Crippen molar-refractivity contribution in [2.24, 2.45) is 0 Å². The third-order valence-electron chi connectivity index (χ3n) is 3.27. The molecule has 2 aromatic carbocycles. The van der Waals surface area contributed by atoms with E-state index in [1.807, 2.05) is 12.1 Å². The van der Waals surface area contributed by atoms with E-state index in [9.17, 15) is 18.0 Å². The lowest BCUT2D eigenvalue weighted by molar-refractivity contribution is -0.137. The van der Waals surface area contributed by atoms with Gasteiger partial charge in [0.25, 0.3) is 0 Å². The fraction of sp³-hybridized carbons (Fsp3) is 0.235. The molecule has 0 heterocycles. The molecule has 23 heavy (non-hydrogen) atoms. The summed E-state index contributed by atoms with van der Waals surface area (Å²) < 4.78 is 42.9. The number of anilines is 1. The number of hydrogen-bond acceptors (Lipinski definition) is 2. The van der Waals surface area contributed by atoms with Gasteiger partial charge in [-0.2, -0.15) is 13.2 Å². The average Bonchev–Trinajstić information content (AvgIpc) is 2.53. The number of halogens is 3. The standard InChI is InChI=1S/C17H16F3NO2/c1-23-15-8-5-12(6-9-15)7-10-16(22)21-14-4-2-3-13(11-14)17(18,19)20/h2-6,8-9,11H,7,10H2,1H3,(H,21,22). The second-order valence-electron chi connectivity index (χ2n) is 4.97. The summed E-state index contributed by atoms with van der Waals surface area (Å²) in [6, 6.07) is 11.9. The smallest absolute Gasteiger partial charge is 0.416 e. The maximum Gasteiger partial charge on any atom is 0.416 e. The summed E-state index contributed by atoms with van der Waals surface area (Å²) >= 11 is 0. The molecule has 0 bridgehead atoms. The lowest BCUT2D eigenvalue weighted by Crippen LogP contribution is -2.13. The van der Waals surface area contributed by atoms with Crippen LogP contribution in [0.25, 0.3) is 0 Å². The van der Waals surface area contributed by atoms with Gasteiger partial charge in [-0.05, 0) is 42.3 Å². The van der Waals surface area contributed by atoms with Crippen molar-refractivity contribution in [2.75, 3.05) is 12.4 Å². The normalized spacial score (nSPS) is 11.1. The molecule has 1 amide bonds. The van der Waals surface area contributed by atoms with Crippen molar-refractivity contribution in [1.29, 1.82) is 0 Å². The lowest BCUT2D eigenvalue weighted by atomic mass is 10.1. The van der Waals surface area contributed by atoms with Crippen LogP contribution in [0, 0.1) is 0 Å². The molecule has 2 rings (SSSR count). The molecule has 3 nitrogen and oxygen atoms in total. The Hall–Kier alpha value is -2.50. The van der Waals surface area contributed by atoms with E-state index < -0.39 is 11.7 Å². The molecule has 0 aliphatic rings. The number of hydrogen-bond donors (Lipinski definition) is 1. The molecule has 1 N–H and O–H groups in total. The van der Waals surface area contributed by atoms with E-state index in [4.69, 9.17) is 4.74 Å². The van der Waals surface area contributed by atoms with Gasteiger partial charge < -0.3 is 10.1 Å².